The first-order valence-electron chi connectivity index (χ1n) is 8.99. The van der Waals surface area contributed by atoms with E-state index >= 15 is 0 Å². The Balaban J connectivity index is 1.66. The Labute approximate surface area is 166 Å². The van der Waals surface area contributed by atoms with Crippen molar-refractivity contribution in [3.05, 3.63) is 66.4 Å². The van der Waals surface area contributed by atoms with Crippen molar-refractivity contribution in [2.75, 3.05) is 17.7 Å². The molecule has 29 heavy (non-hydrogen) atoms. The molecule has 8 heteroatoms. The van der Waals surface area contributed by atoms with E-state index in [0.717, 1.165) is 11.1 Å². The first-order chi connectivity index (χ1) is 14.1. The molecule has 2 aromatic carbocycles. The molecule has 3 aromatic rings. The van der Waals surface area contributed by atoms with Crippen molar-refractivity contribution >= 4 is 29.3 Å². The molecule has 0 bridgehead atoms. The number of amides is 2. The van der Waals surface area contributed by atoms with Crippen LogP contribution in [0.1, 0.15) is 22.8 Å². The minimum atomic E-state index is -0.845. The van der Waals surface area contributed by atoms with Gasteiger partial charge in [0.1, 0.15) is 11.9 Å². The predicted molar refractivity (Wildman–Crippen MR) is 106 cm³/mol. The number of carbonyl (C=O) groups is 3. The highest BCUT2D eigenvalue weighted by molar-refractivity contribution is 6.05. The normalized spacial score (nSPS) is 15.2. The summed E-state index contributed by atoms with van der Waals surface area (Å²) in [5.41, 5.74) is 2.15. The molecule has 0 radical (unpaired) electrons. The second-order valence-corrected chi connectivity index (χ2v) is 6.51. The Morgan fingerprint density at radius 1 is 1.14 bits per heavy atom. The number of anilines is 2. The summed E-state index contributed by atoms with van der Waals surface area (Å²) in [6.45, 7) is 0. The van der Waals surface area contributed by atoms with E-state index in [-0.39, 0.29) is 17.9 Å². The molecule has 2 amide bonds. The predicted octanol–water partition coefficient (Wildman–Crippen LogP) is 2.86. The van der Waals surface area contributed by atoms with Gasteiger partial charge in [0.05, 0.1) is 31.0 Å². The second-order valence-electron chi connectivity index (χ2n) is 6.51. The third kappa shape index (κ3) is 3.47. The van der Waals surface area contributed by atoms with E-state index in [1.54, 1.807) is 30.5 Å². The van der Waals surface area contributed by atoms with Gasteiger partial charge in [-0.15, -0.1) is 0 Å². The van der Waals surface area contributed by atoms with Crippen LogP contribution in [0, 0.1) is 0 Å². The summed E-state index contributed by atoms with van der Waals surface area (Å²) >= 11 is 0. The summed E-state index contributed by atoms with van der Waals surface area (Å²) in [6, 6.07) is 15.2. The van der Waals surface area contributed by atoms with E-state index in [0.29, 0.717) is 11.5 Å². The summed E-state index contributed by atoms with van der Waals surface area (Å²) in [7, 11) is 1.27. The molecule has 4 rings (SSSR count). The summed E-state index contributed by atoms with van der Waals surface area (Å²) in [4.78, 5) is 37.2. The molecule has 1 unspecified atom stereocenters. The number of fused-ring (bicyclic) bond motifs is 1. The van der Waals surface area contributed by atoms with Gasteiger partial charge in [0, 0.05) is 5.56 Å². The quantitative estimate of drug-likeness (QED) is 0.667. The van der Waals surface area contributed by atoms with Gasteiger partial charge in [0.15, 0.2) is 0 Å². The van der Waals surface area contributed by atoms with Crippen molar-refractivity contribution in [2.24, 2.45) is 0 Å². The largest absolute Gasteiger partial charge is 0.465 e. The number of carbonyl (C=O) groups excluding carboxylic acids is 3. The lowest BCUT2D eigenvalue weighted by atomic mass is 10.1. The molecule has 1 aliphatic heterocycles. The van der Waals surface area contributed by atoms with Crippen molar-refractivity contribution in [3.8, 4) is 11.1 Å². The van der Waals surface area contributed by atoms with Crippen molar-refractivity contribution in [3.63, 3.8) is 0 Å². The molecule has 146 valence electrons. The Bertz CT molecular complexity index is 1090. The highest BCUT2D eigenvalue weighted by atomic mass is 16.5. The lowest BCUT2D eigenvalue weighted by Crippen LogP contribution is -2.36. The fourth-order valence-corrected chi connectivity index (χ4v) is 3.30. The second kappa shape index (κ2) is 7.59. The van der Waals surface area contributed by atoms with E-state index in [9.17, 15) is 14.4 Å². The van der Waals surface area contributed by atoms with Crippen LogP contribution in [0.25, 0.3) is 11.1 Å². The van der Waals surface area contributed by atoms with E-state index in [1.165, 1.54) is 11.8 Å². The summed E-state index contributed by atoms with van der Waals surface area (Å²) < 4.78 is 6.26. The third-order valence-corrected chi connectivity index (χ3v) is 4.70. The molecule has 1 aliphatic rings. The number of nitrogens with zero attached hydrogens (tertiary/aromatic N) is 2. The molecule has 8 nitrogen and oxygen atoms in total. The maximum Gasteiger partial charge on any atom is 0.339 e. The number of aromatic nitrogens is 2. The molecule has 2 N–H and O–H groups in total. The number of benzene rings is 2. The molecule has 1 aromatic heterocycles. The van der Waals surface area contributed by atoms with Crippen LogP contribution in [-0.4, -0.2) is 34.7 Å². The van der Waals surface area contributed by atoms with Crippen molar-refractivity contribution < 1.29 is 19.1 Å². The maximum absolute atomic E-state index is 13.0. The lowest BCUT2D eigenvalue weighted by Gasteiger charge is -2.25. The standard InChI is InChI=1S/C21H18N4O4/c1-29-21(28)14-9-5-6-10-16(14)23-20(27)17-11-18(26)24-19-15(12-22-25(17)19)13-7-3-2-4-8-13/h2-10,12,17H,11H2,1H3,(H,23,27)(H,24,26). The monoisotopic (exact) mass is 390 g/mol. The SMILES string of the molecule is COC(=O)c1ccccc1NC(=O)C1CC(=O)Nc2c(-c3ccccc3)cnn21. The van der Waals surface area contributed by atoms with Crippen LogP contribution < -0.4 is 10.6 Å². The highest BCUT2D eigenvalue weighted by Gasteiger charge is 2.33. The Morgan fingerprint density at radius 2 is 1.86 bits per heavy atom. The first-order valence-corrected chi connectivity index (χ1v) is 8.99. The number of ether oxygens (including phenoxy) is 1. The summed E-state index contributed by atoms with van der Waals surface area (Å²) in [5, 5.41) is 9.86. The molecule has 0 saturated heterocycles. The van der Waals surface area contributed by atoms with E-state index in [2.05, 4.69) is 15.7 Å². The number of hydrogen-bond donors (Lipinski definition) is 2. The average Bonchev–Trinajstić information content (AvgIpc) is 3.17. The highest BCUT2D eigenvalue weighted by Crippen LogP contribution is 2.34. The topological polar surface area (TPSA) is 102 Å². The maximum atomic E-state index is 13.0. The molecular weight excluding hydrogens is 372 g/mol. The van der Waals surface area contributed by atoms with Crippen LogP contribution >= 0.6 is 0 Å². The van der Waals surface area contributed by atoms with Crippen molar-refractivity contribution in [1.82, 2.24) is 9.78 Å². The van der Waals surface area contributed by atoms with Gasteiger partial charge in [0.25, 0.3) is 0 Å². The zero-order valence-electron chi connectivity index (χ0n) is 15.6. The van der Waals surface area contributed by atoms with Crippen molar-refractivity contribution in [1.29, 1.82) is 0 Å². The van der Waals surface area contributed by atoms with Crippen LogP contribution in [0.5, 0.6) is 0 Å². The van der Waals surface area contributed by atoms with Gasteiger partial charge in [-0.05, 0) is 17.7 Å². The summed E-state index contributed by atoms with van der Waals surface area (Å²) in [5.74, 6) is -0.820. The Hall–Kier alpha value is -3.94. The Morgan fingerprint density at radius 3 is 2.62 bits per heavy atom. The first kappa shape index (κ1) is 18.4. The molecule has 0 fully saturated rings. The van der Waals surface area contributed by atoms with Gasteiger partial charge in [0.2, 0.25) is 11.8 Å². The smallest absolute Gasteiger partial charge is 0.339 e. The fraction of sp³-hybridized carbons (Fsp3) is 0.143. The van der Waals surface area contributed by atoms with E-state index < -0.39 is 17.9 Å². The van der Waals surface area contributed by atoms with Gasteiger partial charge in [-0.2, -0.15) is 5.10 Å². The molecular formula is C21H18N4O4. The van der Waals surface area contributed by atoms with Gasteiger partial charge in [-0.25, -0.2) is 9.48 Å². The number of hydrogen-bond acceptors (Lipinski definition) is 5. The number of rotatable bonds is 4. The average molecular weight is 390 g/mol. The number of nitrogens with one attached hydrogen (secondary N) is 2. The minimum Gasteiger partial charge on any atom is -0.465 e. The van der Waals surface area contributed by atoms with Gasteiger partial charge in [-0.3, -0.25) is 9.59 Å². The van der Waals surface area contributed by atoms with Crippen LogP contribution in [0.2, 0.25) is 0 Å². The van der Waals surface area contributed by atoms with E-state index in [4.69, 9.17) is 4.74 Å². The third-order valence-electron chi connectivity index (χ3n) is 4.70. The zero-order valence-corrected chi connectivity index (χ0v) is 15.6. The van der Waals surface area contributed by atoms with Gasteiger partial charge < -0.3 is 15.4 Å². The minimum absolute atomic E-state index is 0.0604. The molecule has 0 spiro atoms. The van der Waals surface area contributed by atoms with E-state index in [1.807, 2.05) is 30.3 Å². The number of para-hydroxylation sites is 1. The van der Waals surface area contributed by atoms with Crippen LogP contribution in [0.3, 0.4) is 0 Å². The zero-order chi connectivity index (χ0) is 20.4. The lowest BCUT2D eigenvalue weighted by molar-refractivity contribution is -0.125. The van der Waals surface area contributed by atoms with Crippen LogP contribution in [-0.2, 0) is 14.3 Å². The summed E-state index contributed by atoms with van der Waals surface area (Å²) in [6.07, 6.45) is 1.56. The van der Waals surface area contributed by atoms with Gasteiger partial charge >= 0.3 is 5.97 Å². The molecule has 0 saturated carbocycles. The molecule has 2 heterocycles. The van der Waals surface area contributed by atoms with Crippen molar-refractivity contribution in [2.45, 2.75) is 12.5 Å². The van der Waals surface area contributed by atoms with Gasteiger partial charge in [-0.1, -0.05) is 42.5 Å². The molecule has 1 atom stereocenters. The number of methoxy groups -OCH3 is 1. The van der Waals surface area contributed by atoms with Crippen LogP contribution in [0.15, 0.2) is 60.8 Å². The van der Waals surface area contributed by atoms with Crippen LogP contribution in [0.4, 0.5) is 11.5 Å². The fourth-order valence-electron chi connectivity index (χ4n) is 3.30. The Kier molecular flexibility index (Phi) is 4.82. The molecule has 0 aliphatic carbocycles. The number of esters is 1.